The number of nitrogens with two attached hydrogens (primary N) is 1. The van der Waals surface area contributed by atoms with Gasteiger partial charge in [-0.05, 0) is 44.5 Å². The number of rotatable bonds is 2. The Morgan fingerprint density at radius 3 is 2.55 bits per heavy atom. The van der Waals surface area contributed by atoms with Gasteiger partial charge in [-0.1, -0.05) is 6.07 Å². The topological polar surface area (TPSA) is 102 Å². The van der Waals surface area contributed by atoms with Crippen molar-refractivity contribution in [3.63, 3.8) is 0 Å². The highest BCUT2D eigenvalue weighted by Crippen LogP contribution is 2.27. The molecule has 3 aromatic heterocycles. The minimum Gasteiger partial charge on any atom is -0.444 e. The van der Waals surface area contributed by atoms with E-state index in [1.807, 2.05) is 45.2 Å². The van der Waals surface area contributed by atoms with Gasteiger partial charge in [0.15, 0.2) is 5.65 Å². The molecule has 1 fully saturated rings. The third kappa shape index (κ3) is 4.08. The Kier molecular flexibility index (Phi) is 4.73. The molecule has 29 heavy (non-hydrogen) atoms. The third-order valence-corrected chi connectivity index (χ3v) is 4.69. The molecule has 152 valence electrons. The zero-order chi connectivity index (χ0) is 20.6. The second kappa shape index (κ2) is 7.23. The number of nitrogens with zero attached hydrogens (tertiary/aromatic N) is 6. The number of aromatic nitrogens is 4. The summed E-state index contributed by atoms with van der Waals surface area (Å²) in [6.07, 6.45) is 3.28. The minimum absolute atomic E-state index is 0.224. The molecule has 1 aliphatic rings. The molecule has 0 radical (unpaired) electrons. The smallest absolute Gasteiger partial charge is 0.410 e. The Morgan fingerprint density at radius 1 is 1.14 bits per heavy atom. The van der Waals surface area contributed by atoms with Crippen molar-refractivity contribution in [2.24, 2.45) is 0 Å². The molecule has 9 nitrogen and oxygen atoms in total. The van der Waals surface area contributed by atoms with Gasteiger partial charge in [0.05, 0.1) is 0 Å². The van der Waals surface area contributed by atoms with E-state index in [0.717, 1.165) is 16.9 Å². The van der Waals surface area contributed by atoms with Crippen molar-refractivity contribution in [3.8, 4) is 11.1 Å². The summed E-state index contributed by atoms with van der Waals surface area (Å²) in [6, 6.07) is 7.90. The molecule has 0 saturated carbocycles. The summed E-state index contributed by atoms with van der Waals surface area (Å²) >= 11 is 0. The highest BCUT2D eigenvalue weighted by Gasteiger charge is 2.27. The van der Waals surface area contributed by atoms with Crippen LogP contribution in [0.5, 0.6) is 0 Å². The van der Waals surface area contributed by atoms with Gasteiger partial charge in [0.25, 0.3) is 0 Å². The van der Waals surface area contributed by atoms with Crippen LogP contribution in [0.1, 0.15) is 20.8 Å². The van der Waals surface area contributed by atoms with Crippen LogP contribution >= 0.6 is 0 Å². The summed E-state index contributed by atoms with van der Waals surface area (Å²) in [5.41, 5.74) is 8.01. The average Bonchev–Trinajstić information content (AvgIpc) is 3.07. The Labute approximate surface area is 169 Å². The maximum atomic E-state index is 12.3. The lowest BCUT2D eigenvalue weighted by Gasteiger charge is -2.36. The molecule has 2 N–H and O–H groups in total. The van der Waals surface area contributed by atoms with Gasteiger partial charge in [-0.3, -0.25) is 4.98 Å². The van der Waals surface area contributed by atoms with Gasteiger partial charge >= 0.3 is 6.09 Å². The van der Waals surface area contributed by atoms with Crippen LogP contribution in [0.4, 0.5) is 16.6 Å². The number of anilines is 2. The first-order valence-corrected chi connectivity index (χ1v) is 9.60. The van der Waals surface area contributed by atoms with Crippen molar-refractivity contribution < 1.29 is 9.53 Å². The average molecular weight is 395 g/mol. The van der Waals surface area contributed by atoms with E-state index in [1.165, 1.54) is 0 Å². The predicted molar refractivity (Wildman–Crippen MR) is 111 cm³/mol. The number of amides is 1. The molecule has 3 aromatic rings. The van der Waals surface area contributed by atoms with Crippen molar-refractivity contribution in [1.29, 1.82) is 0 Å². The Hall–Kier alpha value is -3.36. The zero-order valence-corrected chi connectivity index (χ0v) is 16.9. The molecule has 0 bridgehead atoms. The maximum absolute atomic E-state index is 12.3. The molecule has 0 aliphatic carbocycles. The second-order valence-electron chi connectivity index (χ2n) is 8.04. The molecule has 0 aromatic carbocycles. The highest BCUT2D eigenvalue weighted by atomic mass is 16.6. The van der Waals surface area contributed by atoms with Crippen LogP contribution in [-0.4, -0.2) is 62.4 Å². The highest BCUT2D eigenvalue weighted by molar-refractivity contribution is 5.72. The first-order valence-electron chi connectivity index (χ1n) is 9.60. The molecule has 9 heteroatoms. The number of hydrogen-bond donors (Lipinski definition) is 1. The maximum Gasteiger partial charge on any atom is 0.410 e. The largest absolute Gasteiger partial charge is 0.444 e. The number of fused-ring (bicyclic) bond motifs is 1. The molecule has 4 heterocycles. The van der Waals surface area contributed by atoms with Crippen LogP contribution < -0.4 is 10.6 Å². The SMILES string of the molecule is CC(C)(C)OC(=O)N1CCN(c2cc(-c3cccnc3)cc3nc(N)nn23)CC1. The van der Waals surface area contributed by atoms with Crippen LogP contribution in [-0.2, 0) is 4.74 Å². The van der Waals surface area contributed by atoms with Crippen LogP contribution in [0.2, 0.25) is 0 Å². The quantitative estimate of drug-likeness (QED) is 0.711. The second-order valence-corrected chi connectivity index (χ2v) is 8.04. The van der Waals surface area contributed by atoms with E-state index in [1.54, 1.807) is 15.6 Å². The molecule has 1 aliphatic heterocycles. The van der Waals surface area contributed by atoms with E-state index in [9.17, 15) is 4.79 Å². The van der Waals surface area contributed by atoms with Crippen LogP contribution in [0.25, 0.3) is 16.8 Å². The number of carbonyl (C=O) groups is 1. The van der Waals surface area contributed by atoms with Crippen LogP contribution in [0.3, 0.4) is 0 Å². The van der Waals surface area contributed by atoms with E-state index in [4.69, 9.17) is 10.5 Å². The summed E-state index contributed by atoms with van der Waals surface area (Å²) < 4.78 is 7.23. The van der Waals surface area contributed by atoms with Crippen LogP contribution in [0, 0.1) is 0 Å². The van der Waals surface area contributed by atoms with Gasteiger partial charge in [0, 0.05) is 44.1 Å². The molecule has 1 saturated heterocycles. The summed E-state index contributed by atoms with van der Waals surface area (Å²) in [6.45, 7) is 8.06. The molecule has 0 spiro atoms. The number of ether oxygens (including phenoxy) is 1. The van der Waals surface area contributed by atoms with Crippen LogP contribution in [0.15, 0.2) is 36.7 Å². The third-order valence-electron chi connectivity index (χ3n) is 4.69. The summed E-state index contributed by atoms with van der Waals surface area (Å²) in [5, 5.41) is 4.35. The minimum atomic E-state index is -0.503. The van der Waals surface area contributed by atoms with Gasteiger partial charge in [-0.15, -0.1) is 5.10 Å². The van der Waals surface area contributed by atoms with E-state index in [2.05, 4.69) is 26.0 Å². The van der Waals surface area contributed by atoms with Crippen molar-refractivity contribution in [1.82, 2.24) is 24.5 Å². The van der Waals surface area contributed by atoms with Crippen molar-refractivity contribution in [2.75, 3.05) is 36.8 Å². The fourth-order valence-corrected chi connectivity index (χ4v) is 3.35. The summed E-state index contributed by atoms with van der Waals surface area (Å²) in [4.78, 5) is 24.8. The number of pyridine rings is 2. The normalized spacial score (nSPS) is 15.0. The van der Waals surface area contributed by atoms with E-state index in [-0.39, 0.29) is 12.0 Å². The van der Waals surface area contributed by atoms with E-state index < -0.39 is 5.60 Å². The lowest BCUT2D eigenvalue weighted by molar-refractivity contribution is 0.0240. The summed E-state index contributed by atoms with van der Waals surface area (Å²) in [5.74, 6) is 1.11. The lowest BCUT2D eigenvalue weighted by Crippen LogP contribution is -2.50. The number of piperazine rings is 1. The van der Waals surface area contributed by atoms with Gasteiger partial charge in [-0.25, -0.2) is 4.79 Å². The van der Waals surface area contributed by atoms with Crippen molar-refractivity contribution in [3.05, 3.63) is 36.7 Å². The molecule has 0 unspecified atom stereocenters. The molecular weight excluding hydrogens is 370 g/mol. The first kappa shape index (κ1) is 19.0. The first-order chi connectivity index (χ1) is 13.8. The standard InChI is InChI=1S/C20H25N7O2/c1-20(2,3)29-19(28)26-9-7-25(8-10-26)17-12-15(14-5-4-6-22-13-14)11-16-23-18(21)24-27(16)17/h4-6,11-13H,7-10H2,1-3H3,(H2,21,24). The van der Waals surface area contributed by atoms with Crippen molar-refractivity contribution >= 4 is 23.5 Å². The predicted octanol–water partition coefficient (Wildman–Crippen LogP) is 2.43. The lowest BCUT2D eigenvalue weighted by atomic mass is 10.1. The Morgan fingerprint density at radius 2 is 1.90 bits per heavy atom. The fourth-order valence-electron chi connectivity index (χ4n) is 3.35. The molecular formula is C20H25N7O2. The van der Waals surface area contributed by atoms with E-state index >= 15 is 0 Å². The zero-order valence-electron chi connectivity index (χ0n) is 16.9. The van der Waals surface area contributed by atoms with Gasteiger partial charge in [0.1, 0.15) is 11.4 Å². The van der Waals surface area contributed by atoms with Gasteiger partial charge in [-0.2, -0.15) is 9.50 Å². The van der Waals surface area contributed by atoms with E-state index in [0.29, 0.717) is 31.8 Å². The molecule has 4 rings (SSSR count). The number of hydrogen-bond acceptors (Lipinski definition) is 7. The molecule has 0 atom stereocenters. The van der Waals surface area contributed by atoms with Crippen molar-refractivity contribution in [2.45, 2.75) is 26.4 Å². The monoisotopic (exact) mass is 395 g/mol. The molecule has 1 amide bonds. The number of nitrogen functional groups attached to an aromatic ring is 1. The van der Waals surface area contributed by atoms with Gasteiger partial charge < -0.3 is 20.3 Å². The fraction of sp³-hybridized carbons (Fsp3) is 0.400. The Balaban J connectivity index is 1.60. The Bertz CT molecular complexity index is 1020. The summed E-state index contributed by atoms with van der Waals surface area (Å²) in [7, 11) is 0. The number of carbonyl (C=O) groups excluding carboxylic acids is 1. The van der Waals surface area contributed by atoms with Gasteiger partial charge in [0.2, 0.25) is 5.95 Å².